The van der Waals surface area contributed by atoms with E-state index in [1.165, 1.54) is 12.0 Å². The smallest absolute Gasteiger partial charge is 0.119 e. The van der Waals surface area contributed by atoms with Crippen molar-refractivity contribution in [2.75, 3.05) is 19.7 Å². The van der Waals surface area contributed by atoms with Crippen molar-refractivity contribution >= 4 is 11.3 Å². The van der Waals surface area contributed by atoms with E-state index in [1.54, 1.807) is 35.6 Å². The van der Waals surface area contributed by atoms with Crippen molar-refractivity contribution in [2.45, 2.75) is 25.0 Å². The molecule has 1 aliphatic rings. The minimum absolute atomic E-state index is 0.263. The van der Waals surface area contributed by atoms with Crippen molar-refractivity contribution in [3.8, 4) is 11.8 Å². The molecule has 1 aromatic heterocycles. The molecule has 0 spiro atoms. The van der Waals surface area contributed by atoms with Gasteiger partial charge in [-0.3, -0.25) is 4.90 Å². The molecule has 23 heavy (non-hydrogen) atoms. The summed E-state index contributed by atoms with van der Waals surface area (Å²) in [7, 11) is 0. The van der Waals surface area contributed by atoms with Crippen LogP contribution in [0.2, 0.25) is 0 Å². The Kier molecular flexibility index (Phi) is 5.29. The van der Waals surface area contributed by atoms with Crippen LogP contribution in [0.15, 0.2) is 41.1 Å². The number of thiophene rings is 1. The number of likely N-dealkylation sites (tertiary alicyclic amines) is 1. The van der Waals surface area contributed by atoms with E-state index >= 15 is 0 Å². The molecule has 0 amide bonds. The average molecular weight is 328 g/mol. The summed E-state index contributed by atoms with van der Waals surface area (Å²) in [6.07, 6.45) is 1.80. The van der Waals surface area contributed by atoms with E-state index in [2.05, 4.69) is 27.8 Å². The average Bonchev–Trinajstić information content (AvgIpc) is 3.24. The van der Waals surface area contributed by atoms with Crippen LogP contribution in [-0.4, -0.2) is 35.8 Å². The predicted octanol–water partition coefficient (Wildman–Crippen LogP) is 3.20. The third-order valence-electron chi connectivity index (χ3n) is 4.16. The maximum absolute atomic E-state index is 10.3. The van der Waals surface area contributed by atoms with Crippen molar-refractivity contribution in [1.82, 2.24) is 4.90 Å². The lowest BCUT2D eigenvalue weighted by Gasteiger charge is -2.26. The molecule has 0 radical (unpaired) electrons. The number of β-amino-alcohol motifs (C(OH)–C–C–N with tert-alkyl or cyclic N) is 1. The molecular formula is C18H20N2O2S. The standard InChI is InChI=1S/C18H20N2O2S/c19-10-14-3-5-17(6-4-14)22-12-16(21)11-20-8-1-2-18(20)15-7-9-23-13-15/h3-7,9,13,16,18,21H,1-2,8,11-12H2/t16-,18-/m1/s1. The molecule has 1 aromatic carbocycles. The molecule has 0 aliphatic carbocycles. The van der Waals surface area contributed by atoms with Gasteiger partial charge in [-0.2, -0.15) is 16.6 Å². The quantitative estimate of drug-likeness (QED) is 0.885. The number of aliphatic hydroxyl groups excluding tert-OH is 1. The highest BCUT2D eigenvalue weighted by Crippen LogP contribution is 2.32. The van der Waals surface area contributed by atoms with Crippen LogP contribution in [0.1, 0.15) is 30.0 Å². The summed E-state index contributed by atoms with van der Waals surface area (Å²) < 4.78 is 5.62. The Morgan fingerprint density at radius 3 is 2.87 bits per heavy atom. The van der Waals surface area contributed by atoms with Gasteiger partial charge in [0.05, 0.1) is 11.6 Å². The van der Waals surface area contributed by atoms with Crippen molar-refractivity contribution in [1.29, 1.82) is 5.26 Å². The first-order chi connectivity index (χ1) is 11.3. The van der Waals surface area contributed by atoms with Gasteiger partial charge in [0.15, 0.2) is 0 Å². The fraction of sp³-hybridized carbons (Fsp3) is 0.389. The Morgan fingerprint density at radius 1 is 1.35 bits per heavy atom. The molecule has 3 rings (SSSR count). The van der Waals surface area contributed by atoms with Gasteiger partial charge in [0, 0.05) is 12.6 Å². The summed E-state index contributed by atoms with van der Waals surface area (Å²) in [5.74, 6) is 0.679. The zero-order valence-electron chi connectivity index (χ0n) is 12.9. The molecule has 120 valence electrons. The molecule has 1 aliphatic heterocycles. The highest BCUT2D eigenvalue weighted by molar-refractivity contribution is 7.07. The number of rotatable bonds is 6. The van der Waals surface area contributed by atoms with Crippen molar-refractivity contribution < 1.29 is 9.84 Å². The van der Waals surface area contributed by atoms with Crippen LogP contribution in [0.3, 0.4) is 0 Å². The van der Waals surface area contributed by atoms with Gasteiger partial charge in [-0.25, -0.2) is 0 Å². The maximum Gasteiger partial charge on any atom is 0.119 e. The highest BCUT2D eigenvalue weighted by atomic mass is 32.1. The van der Waals surface area contributed by atoms with Gasteiger partial charge >= 0.3 is 0 Å². The van der Waals surface area contributed by atoms with Gasteiger partial charge in [0.2, 0.25) is 0 Å². The highest BCUT2D eigenvalue weighted by Gasteiger charge is 2.27. The first-order valence-electron chi connectivity index (χ1n) is 7.83. The van der Waals surface area contributed by atoms with E-state index in [9.17, 15) is 5.11 Å². The van der Waals surface area contributed by atoms with E-state index in [1.807, 2.05) is 0 Å². The van der Waals surface area contributed by atoms with E-state index in [4.69, 9.17) is 10.00 Å². The minimum Gasteiger partial charge on any atom is -0.491 e. The number of hydrogen-bond acceptors (Lipinski definition) is 5. The molecule has 0 bridgehead atoms. The number of benzene rings is 1. The van der Waals surface area contributed by atoms with E-state index in [0.717, 1.165) is 13.0 Å². The third-order valence-corrected chi connectivity index (χ3v) is 4.86. The first kappa shape index (κ1) is 16.0. The Morgan fingerprint density at radius 2 is 2.17 bits per heavy atom. The molecular weight excluding hydrogens is 308 g/mol. The summed E-state index contributed by atoms with van der Waals surface area (Å²) in [6, 6.07) is 11.6. The second kappa shape index (κ2) is 7.60. The molecule has 4 nitrogen and oxygen atoms in total. The number of aliphatic hydroxyl groups is 1. The van der Waals surface area contributed by atoms with Crippen LogP contribution in [0.5, 0.6) is 5.75 Å². The van der Waals surface area contributed by atoms with Gasteiger partial charge < -0.3 is 9.84 Å². The summed E-state index contributed by atoms with van der Waals surface area (Å²) in [4.78, 5) is 2.34. The Labute approximate surface area is 140 Å². The lowest BCUT2D eigenvalue weighted by Crippen LogP contribution is -2.35. The van der Waals surface area contributed by atoms with Crippen LogP contribution in [0.25, 0.3) is 0 Å². The molecule has 5 heteroatoms. The number of nitriles is 1. The van der Waals surface area contributed by atoms with Crippen LogP contribution in [-0.2, 0) is 0 Å². The van der Waals surface area contributed by atoms with Crippen LogP contribution in [0.4, 0.5) is 0 Å². The van der Waals surface area contributed by atoms with E-state index in [0.29, 0.717) is 23.9 Å². The van der Waals surface area contributed by atoms with Crippen LogP contribution in [0, 0.1) is 11.3 Å². The second-order valence-electron chi connectivity index (χ2n) is 5.81. The Hall–Kier alpha value is -1.87. The summed E-state index contributed by atoms with van der Waals surface area (Å²) in [5.41, 5.74) is 1.96. The third kappa shape index (κ3) is 4.11. The lowest BCUT2D eigenvalue weighted by atomic mass is 10.1. The topological polar surface area (TPSA) is 56.5 Å². The Bertz CT molecular complexity index is 649. The first-order valence-corrected chi connectivity index (χ1v) is 8.77. The van der Waals surface area contributed by atoms with E-state index in [-0.39, 0.29) is 6.61 Å². The van der Waals surface area contributed by atoms with Gasteiger partial charge in [0.1, 0.15) is 18.5 Å². The number of ether oxygens (including phenoxy) is 1. The number of hydrogen-bond donors (Lipinski definition) is 1. The Balaban J connectivity index is 1.50. The molecule has 2 heterocycles. The van der Waals surface area contributed by atoms with Crippen LogP contribution < -0.4 is 4.74 Å². The van der Waals surface area contributed by atoms with Gasteiger partial charge in [-0.1, -0.05) is 0 Å². The molecule has 1 N–H and O–H groups in total. The number of nitrogens with zero attached hydrogens (tertiary/aromatic N) is 2. The normalized spacial score (nSPS) is 19.4. The zero-order valence-corrected chi connectivity index (χ0v) is 13.7. The molecule has 1 fully saturated rings. The summed E-state index contributed by atoms with van der Waals surface area (Å²) >= 11 is 1.72. The summed E-state index contributed by atoms with van der Waals surface area (Å²) in [5, 5.41) is 23.3. The molecule has 0 unspecified atom stereocenters. The molecule has 2 atom stereocenters. The second-order valence-corrected chi connectivity index (χ2v) is 6.59. The fourth-order valence-corrected chi connectivity index (χ4v) is 3.74. The minimum atomic E-state index is -0.523. The van der Waals surface area contributed by atoms with Gasteiger partial charge in [0.25, 0.3) is 0 Å². The molecule has 2 aromatic rings. The largest absolute Gasteiger partial charge is 0.491 e. The monoisotopic (exact) mass is 328 g/mol. The van der Waals surface area contributed by atoms with E-state index < -0.39 is 6.10 Å². The SMILES string of the molecule is N#Cc1ccc(OC[C@H](O)CN2CCC[C@@H]2c2ccsc2)cc1. The summed E-state index contributed by atoms with van der Waals surface area (Å²) in [6.45, 7) is 1.91. The zero-order chi connectivity index (χ0) is 16.1. The lowest BCUT2D eigenvalue weighted by molar-refractivity contribution is 0.0639. The molecule has 1 saturated heterocycles. The van der Waals surface area contributed by atoms with Crippen molar-refractivity contribution in [3.63, 3.8) is 0 Å². The fourth-order valence-electron chi connectivity index (χ4n) is 3.03. The predicted molar refractivity (Wildman–Crippen MR) is 90.5 cm³/mol. The van der Waals surface area contributed by atoms with Crippen molar-refractivity contribution in [3.05, 3.63) is 52.2 Å². The molecule has 0 saturated carbocycles. The van der Waals surface area contributed by atoms with Crippen molar-refractivity contribution in [2.24, 2.45) is 0 Å². The van der Waals surface area contributed by atoms with Gasteiger partial charge in [-0.05, 0) is 66.0 Å². The maximum atomic E-state index is 10.3. The van der Waals surface area contributed by atoms with Gasteiger partial charge in [-0.15, -0.1) is 0 Å². The van der Waals surface area contributed by atoms with Crippen LogP contribution >= 0.6 is 11.3 Å².